The molecule has 1 aromatic heterocycles. The van der Waals surface area contributed by atoms with Crippen molar-refractivity contribution in [3.63, 3.8) is 0 Å². The summed E-state index contributed by atoms with van der Waals surface area (Å²) in [5.74, 6) is 1.07. The minimum absolute atomic E-state index is 0.395. The fraction of sp³-hybridized carbons (Fsp3) is 0.667. The Kier molecular flexibility index (Phi) is 3.44. The molecule has 3 nitrogen and oxygen atoms in total. The average Bonchev–Trinajstić information content (AvgIpc) is 2.67. The molecule has 1 aromatic rings. The Balaban J connectivity index is 1.98. The van der Waals surface area contributed by atoms with Crippen LogP contribution in [0.5, 0.6) is 0 Å². The summed E-state index contributed by atoms with van der Waals surface area (Å²) in [6.07, 6.45) is 2.97. The summed E-state index contributed by atoms with van der Waals surface area (Å²) in [4.78, 5) is 2.48. The van der Waals surface area contributed by atoms with Crippen LogP contribution in [-0.4, -0.2) is 30.6 Å². The summed E-state index contributed by atoms with van der Waals surface area (Å²) in [5, 5.41) is 3.50. The molecular formula is C12H20N2O. The van der Waals surface area contributed by atoms with Gasteiger partial charge >= 0.3 is 0 Å². The first kappa shape index (κ1) is 10.7. The summed E-state index contributed by atoms with van der Waals surface area (Å²) < 4.78 is 5.45. The van der Waals surface area contributed by atoms with Crippen molar-refractivity contribution < 1.29 is 4.42 Å². The van der Waals surface area contributed by atoms with Gasteiger partial charge in [-0.3, -0.25) is 4.90 Å². The Hall–Kier alpha value is -0.800. The first-order chi connectivity index (χ1) is 7.27. The van der Waals surface area contributed by atoms with Gasteiger partial charge in [0.25, 0.3) is 0 Å². The first-order valence-electron chi connectivity index (χ1n) is 5.78. The van der Waals surface area contributed by atoms with Gasteiger partial charge in [-0.05, 0) is 32.4 Å². The fourth-order valence-corrected chi connectivity index (χ4v) is 2.12. The zero-order valence-electron chi connectivity index (χ0n) is 9.57. The molecule has 0 bridgehead atoms. The maximum atomic E-state index is 5.45. The molecule has 3 heteroatoms. The zero-order valence-corrected chi connectivity index (χ0v) is 9.57. The molecule has 1 N–H and O–H groups in total. The van der Waals surface area contributed by atoms with Crippen molar-refractivity contribution in [2.75, 3.05) is 19.6 Å². The molecular weight excluding hydrogens is 188 g/mol. The highest BCUT2D eigenvalue weighted by atomic mass is 16.3. The highest BCUT2D eigenvalue weighted by Gasteiger charge is 2.20. The van der Waals surface area contributed by atoms with Gasteiger partial charge < -0.3 is 9.73 Å². The lowest BCUT2D eigenvalue weighted by molar-refractivity contribution is 0.199. The van der Waals surface area contributed by atoms with Crippen LogP contribution in [0.25, 0.3) is 0 Å². The second-order valence-corrected chi connectivity index (χ2v) is 4.37. The van der Waals surface area contributed by atoms with Crippen LogP contribution in [-0.2, 0) is 0 Å². The second-order valence-electron chi connectivity index (χ2n) is 4.37. The van der Waals surface area contributed by atoms with Gasteiger partial charge in [0.05, 0.1) is 12.3 Å². The molecule has 0 saturated carbocycles. The zero-order chi connectivity index (χ0) is 10.7. The summed E-state index contributed by atoms with van der Waals surface area (Å²) in [5.41, 5.74) is 0. The van der Waals surface area contributed by atoms with Crippen LogP contribution < -0.4 is 5.32 Å². The van der Waals surface area contributed by atoms with Crippen molar-refractivity contribution in [2.45, 2.75) is 32.4 Å². The highest BCUT2D eigenvalue weighted by Crippen LogP contribution is 2.21. The summed E-state index contributed by atoms with van der Waals surface area (Å²) >= 11 is 0. The molecule has 2 unspecified atom stereocenters. The minimum atomic E-state index is 0.395. The largest absolute Gasteiger partial charge is 0.468 e. The van der Waals surface area contributed by atoms with E-state index in [2.05, 4.69) is 30.1 Å². The van der Waals surface area contributed by atoms with E-state index in [0.29, 0.717) is 12.1 Å². The van der Waals surface area contributed by atoms with Crippen LogP contribution in [0.3, 0.4) is 0 Å². The Bertz CT molecular complexity index is 284. The van der Waals surface area contributed by atoms with Crippen molar-refractivity contribution in [2.24, 2.45) is 0 Å². The fourth-order valence-electron chi connectivity index (χ4n) is 2.12. The van der Waals surface area contributed by atoms with E-state index in [4.69, 9.17) is 4.42 Å². The van der Waals surface area contributed by atoms with Gasteiger partial charge in [-0.2, -0.15) is 0 Å². The standard InChI is InChI=1S/C12H20N2O/c1-10-5-7-14(8-6-13-10)11(2)12-4-3-9-15-12/h3-4,9-11,13H,5-8H2,1-2H3. The molecule has 15 heavy (non-hydrogen) atoms. The maximum Gasteiger partial charge on any atom is 0.120 e. The molecule has 0 spiro atoms. The van der Waals surface area contributed by atoms with Gasteiger partial charge in [0, 0.05) is 25.7 Å². The van der Waals surface area contributed by atoms with E-state index < -0.39 is 0 Å². The highest BCUT2D eigenvalue weighted by molar-refractivity contribution is 5.03. The molecule has 0 aliphatic carbocycles. The number of hydrogen-bond acceptors (Lipinski definition) is 3. The van der Waals surface area contributed by atoms with Crippen molar-refractivity contribution in [3.05, 3.63) is 24.2 Å². The first-order valence-corrected chi connectivity index (χ1v) is 5.78. The van der Waals surface area contributed by atoms with E-state index in [9.17, 15) is 0 Å². The van der Waals surface area contributed by atoms with E-state index in [-0.39, 0.29) is 0 Å². The SMILES string of the molecule is CC1CCN(C(C)c2ccco2)CCN1. The van der Waals surface area contributed by atoms with Crippen LogP contribution in [0.1, 0.15) is 32.1 Å². The van der Waals surface area contributed by atoms with Crippen molar-refractivity contribution in [1.82, 2.24) is 10.2 Å². The van der Waals surface area contributed by atoms with E-state index in [0.717, 1.165) is 25.4 Å². The number of hydrogen-bond donors (Lipinski definition) is 1. The van der Waals surface area contributed by atoms with E-state index in [1.54, 1.807) is 6.26 Å². The third kappa shape index (κ3) is 2.61. The van der Waals surface area contributed by atoms with Gasteiger partial charge in [-0.15, -0.1) is 0 Å². The van der Waals surface area contributed by atoms with Gasteiger partial charge in [0.1, 0.15) is 5.76 Å². The van der Waals surface area contributed by atoms with Gasteiger partial charge in [-0.1, -0.05) is 0 Å². The molecule has 84 valence electrons. The number of furan rings is 1. The lowest BCUT2D eigenvalue weighted by atomic mass is 10.2. The number of nitrogens with zero attached hydrogens (tertiary/aromatic N) is 1. The van der Waals surface area contributed by atoms with Crippen molar-refractivity contribution >= 4 is 0 Å². The maximum absolute atomic E-state index is 5.45. The molecule has 0 aromatic carbocycles. The van der Waals surface area contributed by atoms with Crippen LogP contribution in [0.4, 0.5) is 0 Å². The third-order valence-corrected chi connectivity index (χ3v) is 3.24. The topological polar surface area (TPSA) is 28.4 Å². The Morgan fingerprint density at radius 3 is 3.13 bits per heavy atom. The summed E-state index contributed by atoms with van der Waals surface area (Å²) in [6, 6.07) is 5.06. The Labute approximate surface area is 91.4 Å². The van der Waals surface area contributed by atoms with Crippen molar-refractivity contribution in [3.8, 4) is 0 Å². The van der Waals surface area contributed by atoms with Crippen LogP contribution >= 0.6 is 0 Å². The molecule has 1 aliphatic rings. The van der Waals surface area contributed by atoms with Crippen LogP contribution in [0.2, 0.25) is 0 Å². The Morgan fingerprint density at radius 1 is 1.53 bits per heavy atom. The molecule has 1 fully saturated rings. The van der Waals surface area contributed by atoms with Crippen LogP contribution in [0, 0.1) is 0 Å². The van der Waals surface area contributed by atoms with Gasteiger partial charge in [0.2, 0.25) is 0 Å². The Morgan fingerprint density at radius 2 is 2.40 bits per heavy atom. The van der Waals surface area contributed by atoms with E-state index in [1.807, 2.05) is 6.07 Å². The molecule has 1 saturated heterocycles. The predicted molar refractivity (Wildman–Crippen MR) is 60.8 cm³/mol. The molecule has 2 rings (SSSR count). The third-order valence-electron chi connectivity index (χ3n) is 3.24. The van der Waals surface area contributed by atoms with Crippen LogP contribution in [0.15, 0.2) is 22.8 Å². The molecule has 0 amide bonds. The second kappa shape index (κ2) is 4.81. The summed E-state index contributed by atoms with van der Waals surface area (Å²) in [6.45, 7) is 7.80. The number of nitrogens with one attached hydrogen (secondary N) is 1. The normalized spacial score (nSPS) is 26.1. The van der Waals surface area contributed by atoms with E-state index >= 15 is 0 Å². The average molecular weight is 208 g/mol. The smallest absolute Gasteiger partial charge is 0.120 e. The molecule has 0 radical (unpaired) electrons. The molecule has 1 aliphatic heterocycles. The summed E-state index contributed by atoms with van der Waals surface area (Å²) in [7, 11) is 0. The lowest BCUT2D eigenvalue weighted by Crippen LogP contribution is -2.31. The molecule has 2 atom stereocenters. The number of rotatable bonds is 2. The van der Waals surface area contributed by atoms with Crippen molar-refractivity contribution in [1.29, 1.82) is 0 Å². The molecule has 2 heterocycles. The predicted octanol–water partition coefficient (Wildman–Crippen LogP) is 2.02. The quantitative estimate of drug-likeness (QED) is 0.806. The van der Waals surface area contributed by atoms with E-state index in [1.165, 1.54) is 6.42 Å². The van der Waals surface area contributed by atoms with Gasteiger partial charge in [-0.25, -0.2) is 0 Å². The van der Waals surface area contributed by atoms with Gasteiger partial charge in [0.15, 0.2) is 0 Å². The minimum Gasteiger partial charge on any atom is -0.468 e. The monoisotopic (exact) mass is 208 g/mol. The lowest BCUT2D eigenvalue weighted by Gasteiger charge is -2.25.